The Kier molecular flexibility index (Phi) is 4.19. The maximum atomic E-state index is 13.5. The molecule has 0 radical (unpaired) electrons. The van der Waals surface area contributed by atoms with Crippen LogP contribution in [0.1, 0.15) is 23.2 Å². The first kappa shape index (κ1) is 18.5. The predicted octanol–water partition coefficient (Wildman–Crippen LogP) is 4.13. The van der Waals surface area contributed by atoms with Crippen molar-refractivity contribution < 1.29 is 18.3 Å². The van der Waals surface area contributed by atoms with E-state index in [1.807, 2.05) is 23.1 Å². The van der Waals surface area contributed by atoms with E-state index in [0.29, 0.717) is 30.2 Å². The summed E-state index contributed by atoms with van der Waals surface area (Å²) >= 11 is 0. The van der Waals surface area contributed by atoms with Gasteiger partial charge >= 0.3 is 5.97 Å². The van der Waals surface area contributed by atoms with Crippen LogP contribution in [0.4, 0.5) is 14.5 Å². The van der Waals surface area contributed by atoms with Gasteiger partial charge in [-0.05, 0) is 36.4 Å². The fourth-order valence-electron chi connectivity index (χ4n) is 3.84. The van der Waals surface area contributed by atoms with Crippen LogP contribution < -0.4 is 4.90 Å². The smallest absolute Gasteiger partial charge is 0.337 e. The molecule has 2 aromatic heterocycles. The second-order valence-corrected chi connectivity index (χ2v) is 7.45. The number of halogens is 2. The fraction of sp³-hybridized carbons (Fsp3) is 0.286. The van der Waals surface area contributed by atoms with Gasteiger partial charge in [-0.2, -0.15) is 5.10 Å². The van der Waals surface area contributed by atoms with Gasteiger partial charge in [-0.15, -0.1) is 0 Å². The maximum absolute atomic E-state index is 13.5. The van der Waals surface area contributed by atoms with Crippen LogP contribution in [0.3, 0.4) is 0 Å². The Morgan fingerprint density at radius 3 is 2.70 bits per heavy atom. The van der Waals surface area contributed by atoms with E-state index in [1.165, 1.54) is 7.11 Å². The van der Waals surface area contributed by atoms with Crippen molar-refractivity contribution in [1.29, 1.82) is 0 Å². The number of H-pyrrole nitrogens is 2. The van der Waals surface area contributed by atoms with Crippen LogP contribution >= 0.6 is 0 Å². The van der Waals surface area contributed by atoms with Crippen LogP contribution in [0.15, 0.2) is 36.4 Å². The molecule has 2 N–H and O–H groups in total. The lowest BCUT2D eigenvalue weighted by Gasteiger charge is -2.33. The Hall–Kier alpha value is -3.49. The van der Waals surface area contributed by atoms with E-state index in [2.05, 4.69) is 20.2 Å². The normalized spacial score (nSPS) is 16.3. The topological polar surface area (TPSA) is 86.9 Å². The molecule has 30 heavy (non-hydrogen) atoms. The molecule has 0 spiro atoms. The minimum atomic E-state index is -2.58. The first-order chi connectivity index (χ1) is 14.4. The molecule has 1 aliphatic rings. The molecule has 5 rings (SSSR count). The molecule has 1 aliphatic heterocycles. The molecule has 7 nitrogen and oxygen atoms in total. The molecule has 0 atom stereocenters. The summed E-state index contributed by atoms with van der Waals surface area (Å²) in [5, 5.41) is 8.04. The van der Waals surface area contributed by atoms with Gasteiger partial charge in [0.15, 0.2) is 5.82 Å². The molecular formula is C21H19F2N5O2. The molecule has 2 aromatic carbocycles. The predicted molar refractivity (Wildman–Crippen MR) is 109 cm³/mol. The third-order valence-electron chi connectivity index (χ3n) is 5.53. The molecule has 0 amide bonds. The van der Waals surface area contributed by atoms with Crippen LogP contribution in [0, 0.1) is 0 Å². The lowest BCUT2D eigenvalue weighted by Crippen LogP contribution is -2.39. The Balaban J connectivity index is 1.50. The van der Waals surface area contributed by atoms with Crippen molar-refractivity contribution in [2.45, 2.75) is 18.8 Å². The van der Waals surface area contributed by atoms with Gasteiger partial charge in [-0.3, -0.25) is 5.10 Å². The molecule has 9 heteroatoms. The number of piperidine rings is 1. The van der Waals surface area contributed by atoms with Gasteiger partial charge in [0.05, 0.1) is 29.2 Å². The maximum Gasteiger partial charge on any atom is 0.337 e. The first-order valence-corrected chi connectivity index (χ1v) is 9.63. The van der Waals surface area contributed by atoms with E-state index in [9.17, 15) is 13.6 Å². The number of ether oxygens (including phenoxy) is 1. The molecule has 0 unspecified atom stereocenters. The molecule has 154 valence electrons. The number of hydrogen-bond acceptors (Lipinski definition) is 5. The Bertz CT molecular complexity index is 1250. The zero-order valence-corrected chi connectivity index (χ0v) is 16.2. The zero-order chi connectivity index (χ0) is 20.9. The summed E-state index contributed by atoms with van der Waals surface area (Å²) in [6, 6.07) is 10.8. The SMILES string of the molecule is COC(=O)c1ccc2[nH]nc(-c3nc4ccc(N5CCC(F)(F)CC5)cc4[nH]3)c2c1. The number of anilines is 1. The molecule has 0 saturated carbocycles. The van der Waals surface area contributed by atoms with Crippen molar-refractivity contribution in [3.8, 4) is 11.5 Å². The number of imidazole rings is 1. The minimum absolute atomic E-state index is 0.138. The van der Waals surface area contributed by atoms with Gasteiger partial charge in [-0.25, -0.2) is 18.6 Å². The van der Waals surface area contributed by atoms with Crippen LogP contribution in [0.5, 0.6) is 0 Å². The van der Waals surface area contributed by atoms with Gasteiger partial charge < -0.3 is 14.6 Å². The summed E-state index contributed by atoms with van der Waals surface area (Å²) < 4.78 is 31.7. The number of nitrogens with zero attached hydrogens (tertiary/aromatic N) is 3. The summed E-state index contributed by atoms with van der Waals surface area (Å²) in [6.45, 7) is 0.639. The number of aromatic nitrogens is 4. The zero-order valence-electron chi connectivity index (χ0n) is 16.2. The molecule has 1 saturated heterocycles. The third kappa shape index (κ3) is 3.16. The largest absolute Gasteiger partial charge is 0.465 e. The quantitative estimate of drug-likeness (QED) is 0.495. The van der Waals surface area contributed by atoms with Crippen molar-refractivity contribution in [3.05, 3.63) is 42.0 Å². The summed E-state index contributed by atoms with van der Waals surface area (Å²) in [4.78, 5) is 21.7. The van der Waals surface area contributed by atoms with Crippen molar-refractivity contribution >= 4 is 33.6 Å². The Morgan fingerprint density at radius 2 is 1.93 bits per heavy atom. The van der Waals surface area contributed by atoms with Crippen molar-refractivity contribution in [2.24, 2.45) is 0 Å². The summed E-state index contributed by atoms with van der Waals surface area (Å²) in [5.74, 6) is -2.45. The molecule has 0 aliphatic carbocycles. The summed E-state index contributed by atoms with van der Waals surface area (Å²) in [7, 11) is 1.34. The number of esters is 1. The number of carbonyl (C=O) groups excluding carboxylic acids is 1. The molecule has 4 aromatic rings. The average molecular weight is 411 g/mol. The highest BCUT2D eigenvalue weighted by Gasteiger charge is 2.34. The monoisotopic (exact) mass is 411 g/mol. The second kappa shape index (κ2) is 6.79. The number of fused-ring (bicyclic) bond motifs is 2. The van der Waals surface area contributed by atoms with E-state index < -0.39 is 11.9 Å². The lowest BCUT2D eigenvalue weighted by atomic mass is 10.1. The fourth-order valence-corrected chi connectivity index (χ4v) is 3.84. The number of aromatic amines is 2. The number of carbonyl (C=O) groups is 1. The molecule has 3 heterocycles. The first-order valence-electron chi connectivity index (χ1n) is 9.63. The van der Waals surface area contributed by atoms with E-state index in [-0.39, 0.29) is 12.8 Å². The van der Waals surface area contributed by atoms with Gasteiger partial charge in [0, 0.05) is 37.0 Å². The number of methoxy groups -OCH3 is 1. The summed E-state index contributed by atoms with van der Waals surface area (Å²) in [6.07, 6.45) is -0.276. The van der Waals surface area contributed by atoms with Crippen molar-refractivity contribution in [3.63, 3.8) is 0 Å². The lowest BCUT2D eigenvalue weighted by molar-refractivity contribution is -0.0220. The van der Waals surface area contributed by atoms with Crippen LogP contribution in [0.2, 0.25) is 0 Å². The number of alkyl halides is 2. The third-order valence-corrected chi connectivity index (χ3v) is 5.53. The highest BCUT2D eigenvalue weighted by atomic mass is 19.3. The van der Waals surface area contributed by atoms with E-state index in [0.717, 1.165) is 27.6 Å². The molecule has 0 bridgehead atoms. The van der Waals surface area contributed by atoms with Crippen LogP contribution in [-0.2, 0) is 4.74 Å². The van der Waals surface area contributed by atoms with Gasteiger partial charge in [-0.1, -0.05) is 0 Å². The number of benzene rings is 2. The van der Waals surface area contributed by atoms with Crippen molar-refractivity contribution in [2.75, 3.05) is 25.1 Å². The second-order valence-electron chi connectivity index (χ2n) is 7.45. The Morgan fingerprint density at radius 1 is 1.13 bits per heavy atom. The van der Waals surface area contributed by atoms with Gasteiger partial charge in [0.1, 0.15) is 5.69 Å². The Labute approximate surface area is 170 Å². The van der Waals surface area contributed by atoms with Gasteiger partial charge in [0.2, 0.25) is 0 Å². The van der Waals surface area contributed by atoms with Crippen LogP contribution in [0.25, 0.3) is 33.5 Å². The summed E-state index contributed by atoms with van der Waals surface area (Å²) in [5.41, 5.74) is 4.21. The number of hydrogen-bond donors (Lipinski definition) is 2. The number of rotatable bonds is 3. The standard InChI is InChI=1S/C21H19F2N5O2/c1-30-20(29)12-2-4-15-14(10-12)18(27-26-15)19-24-16-5-3-13(11-17(16)25-19)28-8-6-21(22,23)7-9-28/h2-5,10-11H,6-9H2,1H3,(H,24,25)(H,26,27). The van der Waals surface area contributed by atoms with Crippen LogP contribution in [-0.4, -0.2) is 52.3 Å². The highest BCUT2D eigenvalue weighted by molar-refractivity contribution is 5.99. The molecular weight excluding hydrogens is 392 g/mol. The minimum Gasteiger partial charge on any atom is -0.465 e. The van der Waals surface area contributed by atoms with Gasteiger partial charge in [0.25, 0.3) is 5.92 Å². The van der Waals surface area contributed by atoms with E-state index in [1.54, 1.807) is 18.2 Å². The van der Waals surface area contributed by atoms with E-state index >= 15 is 0 Å². The highest BCUT2D eigenvalue weighted by Crippen LogP contribution is 2.32. The number of nitrogens with one attached hydrogen (secondary N) is 2. The van der Waals surface area contributed by atoms with Crippen molar-refractivity contribution in [1.82, 2.24) is 20.2 Å². The van der Waals surface area contributed by atoms with E-state index in [4.69, 9.17) is 4.74 Å². The molecule has 1 fully saturated rings. The average Bonchev–Trinajstić information content (AvgIpc) is 3.35.